The van der Waals surface area contributed by atoms with Crippen molar-refractivity contribution in [3.05, 3.63) is 0 Å². The van der Waals surface area contributed by atoms with E-state index >= 15 is 0 Å². The summed E-state index contributed by atoms with van der Waals surface area (Å²) in [6.45, 7) is 9.92. The lowest BCUT2D eigenvalue weighted by molar-refractivity contribution is -0.157. The highest BCUT2D eigenvalue weighted by atomic mass is 16.5. The number of ether oxygens (including phenoxy) is 1. The number of nitrogens with two attached hydrogens (primary N) is 1. The normalized spacial score (nSPS) is 24.1. The number of morpholine rings is 1. The first kappa shape index (κ1) is 14.5. The Hall–Kier alpha value is -0.610. The molecule has 1 atom stereocenters. The zero-order chi connectivity index (χ0) is 13.1. The van der Waals surface area contributed by atoms with E-state index in [1.807, 2.05) is 4.90 Å². The molecule has 0 aromatic carbocycles. The Morgan fingerprint density at radius 2 is 2.06 bits per heavy atom. The molecular weight excluding hydrogens is 216 g/mol. The Kier molecular flexibility index (Phi) is 4.95. The van der Waals surface area contributed by atoms with Crippen molar-refractivity contribution in [1.29, 1.82) is 0 Å². The third-order valence-corrected chi connectivity index (χ3v) is 3.65. The molecule has 1 amide bonds. The topological polar surface area (TPSA) is 55.6 Å². The summed E-state index contributed by atoms with van der Waals surface area (Å²) >= 11 is 0. The van der Waals surface area contributed by atoms with Gasteiger partial charge in [0.15, 0.2) is 0 Å². The van der Waals surface area contributed by atoms with Gasteiger partial charge in [0.2, 0.25) is 5.91 Å². The Morgan fingerprint density at radius 3 is 2.53 bits per heavy atom. The lowest BCUT2D eigenvalue weighted by Crippen LogP contribution is -2.60. The zero-order valence-electron chi connectivity index (χ0n) is 11.5. The third kappa shape index (κ3) is 3.19. The van der Waals surface area contributed by atoms with Gasteiger partial charge in [0.05, 0.1) is 18.2 Å². The molecule has 0 saturated carbocycles. The second-order valence-electron chi connectivity index (χ2n) is 5.44. The minimum atomic E-state index is -0.217. The zero-order valence-corrected chi connectivity index (χ0v) is 11.5. The van der Waals surface area contributed by atoms with E-state index in [4.69, 9.17) is 10.5 Å². The van der Waals surface area contributed by atoms with Crippen LogP contribution in [0.2, 0.25) is 0 Å². The lowest BCUT2D eigenvalue weighted by atomic mass is 9.95. The van der Waals surface area contributed by atoms with Crippen LogP contribution in [0.1, 0.15) is 40.5 Å². The fourth-order valence-corrected chi connectivity index (χ4v) is 2.29. The van der Waals surface area contributed by atoms with Crippen LogP contribution >= 0.6 is 0 Å². The summed E-state index contributed by atoms with van der Waals surface area (Å²) in [7, 11) is 0. The molecule has 1 aliphatic heterocycles. The van der Waals surface area contributed by atoms with Crippen molar-refractivity contribution in [2.75, 3.05) is 19.7 Å². The first-order valence-electron chi connectivity index (χ1n) is 6.59. The summed E-state index contributed by atoms with van der Waals surface area (Å²) in [5.74, 6) is 0.382. The van der Waals surface area contributed by atoms with E-state index in [0.29, 0.717) is 19.7 Å². The van der Waals surface area contributed by atoms with Crippen molar-refractivity contribution in [1.82, 2.24) is 4.90 Å². The Bertz CT molecular complexity index is 262. The molecule has 4 heteroatoms. The third-order valence-electron chi connectivity index (χ3n) is 3.65. The number of rotatable bonds is 4. The first-order chi connectivity index (χ1) is 7.96. The van der Waals surface area contributed by atoms with Gasteiger partial charge in [-0.05, 0) is 26.7 Å². The standard InChI is InChI=1S/C13H26N2O2/c1-5-10(6-2)12(16)15-8-11(7-14)17-9-13(15,3)4/h10-11H,5-9,14H2,1-4H3. The van der Waals surface area contributed by atoms with Crippen LogP contribution in [0.5, 0.6) is 0 Å². The average Bonchev–Trinajstić information content (AvgIpc) is 2.30. The number of hydrogen-bond acceptors (Lipinski definition) is 3. The van der Waals surface area contributed by atoms with Crippen molar-refractivity contribution in [3.8, 4) is 0 Å². The van der Waals surface area contributed by atoms with Gasteiger partial charge in [-0.2, -0.15) is 0 Å². The average molecular weight is 242 g/mol. The SMILES string of the molecule is CCC(CC)C(=O)N1CC(CN)OCC1(C)C. The van der Waals surface area contributed by atoms with Gasteiger partial charge >= 0.3 is 0 Å². The van der Waals surface area contributed by atoms with E-state index in [2.05, 4.69) is 27.7 Å². The minimum Gasteiger partial charge on any atom is -0.373 e. The van der Waals surface area contributed by atoms with E-state index in [0.717, 1.165) is 12.8 Å². The van der Waals surface area contributed by atoms with Crippen molar-refractivity contribution in [2.24, 2.45) is 11.7 Å². The van der Waals surface area contributed by atoms with Crippen molar-refractivity contribution >= 4 is 5.91 Å². The van der Waals surface area contributed by atoms with Crippen LogP contribution in [0, 0.1) is 5.92 Å². The number of hydrogen-bond donors (Lipinski definition) is 1. The van der Waals surface area contributed by atoms with Gasteiger partial charge in [-0.3, -0.25) is 4.79 Å². The number of nitrogens with zero attached hydrogens (tertiary/aromatic N) is 1. The highest BCUT2D eigenvalue weighted by Gasteiger charge is 2.39. The number of carbonyl (C=O) groups is 1. The fourth-order valence-electron chi connectivity index (χ4n) is 2.29. The maximum Gasteiger partial charge on any atom is 0.226 e. The maximum atomic E-state index is 12.5. The van der Waals surface area contributed by atoms with Crippen LogP contribution in [0.3, 0.4) is 0 Å². The molecule has 1 saturated heterocycles. The molecule has 1 rings (SSSR count). The molecule has 1 fully saturated rings. The van der Waals surface area contributed by atoms with Crippen LogP contribution in [0.15, 0.2) is 0 Å². The van der Waals surface area contributed by atoms with Gasteiger partial charge in [0, 0.05) is 19.0 Å². The first-order valence-corrected chi connectivity index (χ1v) is 6.59. The van der Waals surface area contributed by atoms with E-state index < -0.39 is 0 Å². The van der Waals surface area contributed by atoms with Crippen LogP contribution in [-0.4, -0.2) is 42.1 Å². The summed E-state index contributed by atoms with van der Waals surface area (Å²) in [5, 5.41) is 0. The molecule has 1 heterocycles. The van der Waals surface area contributed by atoms with Gasteiger partial charge < -0.3 is 15.4 Å². The molecule has 17 heavy (non-hydrogen) atoms. The fraction of sp³-hybridized carbons (Fsp3) is 0.923. The summed E-state index contributed by atoms with van der Waals surface area (Å²) in [6.07, 6.45) is 1.79. The monoisotopic (exact) mass is 242 g/mol. The van der Waals surface area contributed by atoms with Crippen LogP contribution in [0.25, 0.3) is 0 Å². The van der Waals surface area contributed by atoms with Gasteiger partial charge in [-0.15, -0.1) is 0 Å². The van der Waals surface area contributed by atoms with E-state index in [1.54, 1.807) is 0 Å². The molecule has 0 aliphatic carbocycles. The summed E-state index contributed by atoms with van der Waals surface area (Å²) in [6, 6.07) is 0. The molecule has 2 N–H and O–H groups in total. The van der Waals surface area contributed by atoms with Gasteiger partial charge in [0.1, 0.15) is 0 Å². The van der Waals surface area contributed by atoms with Crippen molar-refractivity contribution < 1.29 is 9.53 Å². The molecule has 4 nitrogen and oxygen atoms in total. The van der Waals surface area contributed by atoms with Crippen molar-refractivity contribution in [3.63, 3.8) is 0 Å². The predicted molar refractivity (Wildman–Crippen MR) is 68.7 cm³/mol. The molecule has 100 valence electrons. The predicted octanol–water partition coefficient (Wildman–Crippen LogP) is 1.39. The minimum absolute atomic E-state index is 0.0127. The van der Waals surface area contributed by atoms with Gasteiger partial charge in [0.25, 0.3) is 0 Å². The highest BCUT2D eigenvalue weighted by molar-refractivity contribution is 5.79. The van der Waals surface area contributed by atoms with Gasteiger partial charge in [-0.1, -0.05) is 13.8 Å². The second-order valence-corrected chi connectivity index (χ2v) is 5.44. The molecule has 1 aliphatic rings. The van der Waals surface area contributed by atoms with E-state index in [1.165, 1.54) is 0 Å². The van der Waals surface area contributed by atoms with Crippen LogP contribution < -0.4 is 5.73 Å². The summed E-state index contributed by atoms with van der Waals surface area (Å²) < 4.78 is 5.65. The second kappa shape index (κ2) is 5.83. The van der Waals surface area contributed by atoms with Gasteiger partial charge in [-0.25, -0.2) is 0 Å². The Labute approximate surface area is 104 Å². The number of carbonyl (C=O) groups excluding carboxylic acids is 1. The summed E-state index contributed by atoms with van der Waals surface area (Å²) in [5.41, 5.74) is 5.42. The van der Waals surface area contributed by atoms with Crippen LogP contribution in [0.4, 0.5) is 0 Å². The molecule has 0 aromatic rings. The maximum absolute atomic E-state index is 12.5. The molecule has 0 spiro atoms. The quantitative estimate of drug-likeness (QED) is 0.810. The smallest absolute Gasteiger partial charge is 0.226 e. The van der Waals surface area contributed by atoms with Crippen molar-refractivity contribution in [2.45, 2.75) is 52.2 Å². The molecule has 1 unspecified atom stereocenters. The highest BCUT2D eigenvalue weighted by Crippen LogP contribution is 2.25. The molecule has 0 radical (unpaired) electrons. The van der Waals surface area contributed by atoms with E-state index in [-0.39, 0.29) is 23.5 Å². The molecule has 0 aromatic heterocycles. The van der Waals surface area contributed by atoms with E-state index in [9.17, 15) is 4.79 Å². The Morgan fingerprint density at radius 1 is 1.47 bits per heavy atom. The molecular formula is C13H26N2O2. The number of amides is 1. The largest absolute Gasteiger partial charge is 0.373 e. The summed E-state index contributed by atoms with van der Waals surface area (Å²) in [4.78, 5) is 14.4. The lowest BCUT2D eigenvalue weighted by Gasteiger charge is -2.46. The Balaban J connectivity index is 2.79. The molecule has 0 bridgehead atoms. The van der Waals surface area contributed by atoms with Crippen LogP contribution in [-0.2, 0) is 9.53 Å².